The van der Waals surface area contributed by atoms with Crippen LogP contribution in [-0.2, 0) is 4.79 Å². The molecule has 0 unspecified atom stereocenters. The summed E-state index contributed by atoms with van der Waals surface area (Å²) in [6.45, 7) is 0. The fourth-order valence-corrected chi connectivity index (χ4v) is 2.30. The molecule has 1 amide bonds. The molecule has 1 aromatic carbocycles. The van der Waals surface area contributed by atoms with Crippen molar-refractivity contribution in [2.75, 3.05) is 13.4 Å². The molecule has 0 bridgehead atoms. The van der Waals surface area contributed by atoms with Crippen LogP contribution in [0.3, 0.4) is 0 Å². The standard InChI is InChI=1S/C13H10N4O2S/c1-19-9-5-7(20-2)3-4-8(9)11-16-10-12(17-11)14-6-15-13(10)18/h3-6H,1-2H3. The number of benzene rings is 1. The van der Waals surface area contributed by atoms with Gasteiger partial charge in [-0.15, -0.1) is 11.8 Å². The zero-order valence-corrected chi connectivity index (χ0v) is 11.6. The van der Waals surface area contributed by atoms with Gasteiger partial charge in [0, 0.05) is 4.90 Å². The van der Waals surface area contributed by atoms with E-state index in [-0.39, 0.29) is 5.71 Å². The van der Waals surface area contributed by atoms with Gasteiger partial charge >= 0.3 is 5.91 Å². The van der Waals surface area contributed by atoms with Crippen LogP contribution in [-0.4, -0.2) is 43.0 Å². The summed E-state index contributed by atoms with van der Waals surface area (Å²) < 4.78 is 5.36. The zero-order valence-electron chi connectivity index (χ0n) is 10.8. The Labute approximate surface area is 119 Å². The molecule has 6 nitrogen and oxygen atoms in total. The second-order valence-electron chi connectivity index (χ2n) is 3.96. The predicted molar refractivity (Wildman–Crippen MR) is 79.7 cm³/mol. The van der Waals surface area contributed by atoms with Gasteiger partial charge in [-0.2, -0.15) is 4.99 Å². The predicted octanol–water partition coefficient (Wildman–Crippen LogP) is 1.59. The summed E-state index contributed by atoms with van der Waals surface area (Å²) >= 11 is 1.62. The number of fused-ring (bicyclic) bond motifs is 1. The molecule has 0 aliphatic carbocycles. The van der Waals surface area contributed by atoms with Crippen LogP contribution in [0.15, 0.2) is 43.1 Å². The third-order valence-electron chi connectivity index (χ3n) is 2.85. The molecule has 100 valence electrons. The van der Waals surface area contributed by atoms with Crippen molar-refractivity contribution in [2.45, 2.75) is 4.90 Å². The average Bonchev–Trinajstić information content (AvgIpc) is 2.92. The number of methoxy groups -OCH3 is 1. The number of hydrogen-bond donors (Lipinski definition) is 0. The minimum absolute atomic E-state index is 0.179. The maximum atomic E-state index is 11.6. The monoisotopic (exact) mass is 286 g/mol. The fraction of sp³-hybridized carbons (Fsp3) is 0.154. The summed E-state index contributed by atoms with van der Waals surface area (Å²) in [5.41, 5.74) is 0.904. The quantitative estimate of drug-likeness (QED) is 0.792. The minimum Gasteiger partial charge on any atom is -0.496 e. The summed E-state index contributed by atoms with van der Waals surface area (Å²) in [4.78, 5) is 28.7. The highest BCUT2D eigenvalue weighted by Crippen LogP contribution is 2.27. The molecule has 2 heterocycles. The van der Waals surface area contributed by atoms with Crippen LogP contribution < -0.4 is 4.74 Å². The van der Waals surface area contributed by atoms with E-state index in [9.17, 15) is 4.79 Å². The first-order chi connectivity index (χ1) is 9.72. The van der Waals surface area contributed by atoms with E-state index in [1.165, 1.54) is 6.34 Å². The Kier molecular flexibility index (Phi) is 3.19. The molecule has 0 saturated carbocycles. The van der Waals surface area contributed by atoms with Crippen LogP contribution in [0.25, 0.3) is 0 Å². The number of thioether (sulfide) groups is 1. The molecular formula is C13H10N4O2S. The van der Waals surface area contributed by atoms with Crippen LogP contribution in [0, 0.1) is 0 Å². The van der Waals surface area contributed by atoms with E-state index in [4.69, 9.17) is 4.74 Å². The van der Waals surface area contributed by atoms with Crippen molar-refractivity contribution >= 4 is 41.4 Å². The lowest BCUT2D eigenvalue weighted by atomic mass is 10.2. The molecule has 3 rings (SSSR count). The van der Waals surface area contributed by atoms with Crippen molar-refractivity contribution in [3.05, 3.63) is 23.8 Å². The molecule has 0 atom stereocenters. The van der Waals surface area contributed by atoms with Crippen molar-refractivity contribution in [3.63, 3.8) is 0 Å². The highest BCUT2D eigenvalue weighted by atomic mass is 32.2. The first-order valence-electron chi connectivity index (χ1n) is 5.77. The van der Waals surface area contributed by atoms with Crippen LogP contribution in [0.1, 0.15) is 5.56 Å². The van der Waals surface area contributed by atoms with Crippen LogP contribution >= 0.6 is 11.8 Å². The van der Waals surface area contributed by atoms with E-state index in [1.54, 1.807) is 18.9 Å². The number of carbonyl (C=O) groups is 1. The molecule has 2 aliphatic heterocycles. The first kappa shape index (κ1) is 12.7. The van der Waals surface area contributed by atoms with Gasteiger partial charge in [-0.25, -0.2) is 15.0 Å². The van der Waals surface area contributed by atoms with Gasteiger partial charge in [-0.1, -0.05) is 0 Å². The van der Waals surface area contributed by atoms with Gasteiger partial charge in [0.15, 0.2) is 17.4 Å². The van der Waals surface area contributed by atoms with Gasteiger partial charge < -0.3 is 4.74 Å². The number of amidine groups is 2. The lowest BCUT2D eigenvalue weighted by molar-refractivity contribution is -0.111. The molecular weight excluding hydrogens is 276 g/mol. The first-order valence-corrected chi connectivity index (χ1v) is 7.00. The highest BCUT2D eigenvalue weighted by molar-refractivity contribution is 7.98. The van der Waals surface area contributed by atoms with E-state index >= 15 is 0 Å². The highest BCUT2D eigenvalue weighted by Gasteiger charge is 2.28. The average molecular weight is 286 g/mol. The van der Waals surface area contributed by atoms with E-state index < -0.39 is 5.91 Å². The normalized spacial score (nSPS) is 16.5. The van der Waals surface area contributed by atoms with E-state index in [2.05, 4.69) is 20.0 Å². The Morgan fingerprint density at radius 1 is 1.20 bits per heavy atom. The maximum absolute atomic E-state index is 11.6. The van der Waals surface area contributed by atoms with Crippen LogP contribution in [0.2, 0.25) is 0 Å². The molecule has 0 fully saturated rings. The van der Waals surface area contributed by atoms with Crippen LogP contribution in [0.5, 0.6) is 5.75 Å². The third kappa shape index (κ3) is 2.05. The number of hydrogen-bond acceptors (Lipinski definition) is 6. The summed E-state index contributed by atoms with van der Waals surface area (Å²) in [7, 11) is 1.59. The van der Waals surface area contributed by atoms with Gasteiger partial charge in [-0.05, 0) is 24.5 Å². The second kappa shape index (κ2) is 5.01. The van der Waals surface area contributed by atoms with Gasteiger partial charge in [0.1, 0.15) is 12.1 Å². The molecule has 0 saturated heterocycles. The number of amides is 1. The van der Waals surface area contributed by atoms with Crippen molar-refractivity contribution in [2.24, 2.45) is 20.0 Å². The van der Waals surface area contributed by atoms with Crippen LogP contribution in [0.4, 0.5) is 0 Å². The largest absolute Gasteiger partial charge is 0.496 e. The number of ether oxygens (including phenoxy) is 1. The lowest BCUT2D eigenvalue weighted by Crippen LogP contribution is -2.21. The molecule has 0 spiro atoms. The second-order valence-corrected chi connectivity index (χ2v) is 4.84. The number of aliphatic imine (C=N–C) groups is 4. The van der Waals surface area contributed by atoms with Crippen molar-refractivity contribution in [1.29, 1.82) is 0 Å². The van der Waals surface area contributed by atoms with Crippen molar-refractivity contribution < 1.29 is 9.53 Å². The molecule has 2 aliphatic rings. The Bertz CT molecular complexity index is 719. The number of rotatable bonds is 3. The van der Waals surface area contributed by atoms with Gasteiger partial charge in [0.2, 0.25) is 0 Å². The van der Waals surface area contributed by atoms with Crippen molar-refractivity contribution in [1.82, 2.24) is 0 Å². The Balaban J connectivity index is 2.06. The smallest absolute Gasteiger partial charge is 0.301 e. The summed E-state index contributed by atoms with van der Waals surface area (Å²) in [6.07, 6.45) is 3.18. The molecule has 0 radical (unpaired) electrons. The Morgan fingerprint density at radius 3 is 2.75 bits per heavy atom. The summed E-state index contributed by atoms with van der Waals surface area (Å²) in [5, 5.41) is 0. The minimum atomic E-state index is -0.423. The number of carbonyl (C=O) groups excluding carboxylic acids is 1. The lowest BCUT2D eigenvalue weighted by Gasteiger charge is -2.07. The fourth-order valence-electron chi connectivity index (χ4n) is 1.87. The molecule has 0 N–H and O–H groups in total. The number of nitrogens with zero attached hydrogens (tertiary/aromatic N) is 4. The molecule has 7 heteroatoms. The van der Waals surface area contributed by atoms with Gasteiger partial charge in [0.25, 0.3) is 0 Å². The van der Waals surface area contributed by atoms with Crippen molar-refractivity contribution in [3.8, 4) is 5.75 Å². The molecule has 1 aromatic rings. The van der Waals surface area contributed by atoms with Gasteiger partial charge in [-0.3, -0.25) is 4.79 Å². The summed E-state index contributed by atoms with van der Waals surface area (Å²) in [5.74, 6) is 0.958. The maximum Gasteiger partial charge on any atom is 0.301 e. The SMILES string of the molecule is COc1cc(SC)ccc1C1=NC2=NC=NC(=O)C2=N1. The topological polar surface area (TPSA) is 75.7 Å². The molecule has 20 heavy (non-hydrogen) atoms. The van der Waals surface area contributed by atoms with E-state index in [0.717, 1.165) is 10.5 Å². The molecule has 0 aromatic heterocycles. The van der Waals surface area contributed by atoms with E-state index in [1.807, 2.05) is 24.5 Å². The Hall–Kier alpha value is -2.28. The summed E-state index contributed by atoms with van der Waals surface area (Å²) in [6, 6.07) is 5.73. The Morgan fingerprint density at radius 2 is 2.05 bits per heavy atom. The van der Waals surface area contributed by atoms with Gasteiger partial charge in [0.05, 0.1) is 12.7 Å². The third-order valence-corrected chi connectivity index (χ3v) is 3.57. The zero-order chi connectivity index (χ0) is 14.1. The van der Waals surface area contributed by atoms with E-state index in [0.29, 0.717) is 17.4 Å².